The van der Waals surface area contributed by atoms with Crippen LogP contribution in [0.1, 0.15) is 12.5 Å². The Morgan fingerprint density at radius 3 is 2.71 bits per heavy atom. The van der Waals surface area contributed by atoms with Crippen LogP contribution in [-0.4, -0.2) is 31.7 Å². The fourth-order valence-corrected chi connectivity index (χ4v) is 2.49. The number of carbonyl (C=O) groups excluding carboxylic acids is 1. The van der Waals surface area contributed by atoms with Crippen molar-refractivity contribution in [3.63, 3.8) is 0 Å². The van der Waals surface area contributed by atoms with Crippen LogP contribution < -0.4 is 4.72 Å². The van der Waals surface area contributed by atoms with Gasteiger partial charge in [0.05, 0.1) is 11.5 Å². The topological polar surface area (TPSA) is 116 Å². The number of nitro groups is 1. The van der Waals surface area contributed by atoms with Gasteiger partial charge in [0.25, 0.3) is 5.69 Å². The number of sulfonamides is 1. The van der Waals surface area contributed by atoms with E-state index in [4.69, 9.17) is 11.6 Å². The largest absolute Gasteiger partial charge is 0.465 e. The van der Waals surface area contributed by atoms with Gasteiger partial charge in [0.2, 0.25) is 10.0 Å². The van der Waals surface area contributed by atoms with Crippen molar-refractivity contribution in [3.05, 3.63) is 38.9 Å². The van der Waals surface area contributed by atoms with Crippen LogP contribution in [0.5, 0.6) is 0 Å². The quantitative estimate of drug-likeness (QED) is 0.455. The Labute approximate surface area is 126 Å². The first-order valence-corrected chi connectivity index (χ1v) is 7.84. The first-order chi connectivity index (χ1) is 9.75. The highest BCUT2D eigenvalue weighted by Crippen LogP contribution is 2.23. The van der Waals surface area contributed by atoms with E-state index in [1.807, 2.05) is 0 Å². The summed E-state index contributed by atoms with van der Waals surface area (Å²) < 4.78 is 29.9. The summed E-state index contributed by atoms with van der Waals surface area (Å²) in [5.41, 5.74) is -0.168. The average Bonchev–Trinajstić information content (AvgIpc) is 2.36. The number of hydrogen-bond donors (Lipinski definition) is 1. The van der Waals surface area contributed by atoms with E-state index in [-0.39, 0.29) is 29.4 Å². The lowest BCUT2D eigenvalue weighted by Gasteiger charge is -2.07. The molecule has 0 aromatic heterocycles. The second-order valence-electron chi connectivity index (χ2n) is 3.92. The van der Waals surface area contributed by atoms with Crippen molar-refractivity contribution in [3.8, 4) is 0 Å². The van der Waals surface area contributed by atoms with Crippen molar-refractivity contribution in [2.45, 2.75) is 13.5 Å². The zero-order valence-electron chi connectivity index (χ0n) is 11.0. The van der Waals surface area contributed by atoms with Crippen LogP contribution in [0.25, 0.3) is 0 Å². The predicted molar refractivity (Wildman–Crippen MR) is 75.4 cm³/mol. The highest BCUT2D eigenvalue weighted by molar-refractivity contribution is 7.90. The summed E-state index contributed by atoms with van der Waals surface area (Å²) in [6.45, 7) is 1.29. The van der Waals surface area contributed by atoms with Crippen molar-refractivity contribution in [1.29, 1.82) is 0 Å². The SMILES string of the molecule is CCOC(=O)CS(=O)(=O)NCc1ccc(Cl)cc1[N+](=O)[O-]. The molecule has 21 heavy (non-hydrogen) atoms. The van der Waals surface area contributed by atoms with Crippen LogP contribution >= 0.6 is 11.6 Å². The second-order valence-corrected chi connectivity index (χ2v) is 6.16. The molecule has 0 saturated carbocycles. The fourth-order valence-electron chi connectivity index (χ4n) is 1.45. The summed E-state index contributed by atoms with van der Waals surface area (Å²) in [6, 6.07) is 3.87. The standard InChI is InChI=1S/C11H13ClN2O6S/c1-2-20-11(15)7-21(18,19)13-6-8-3-4-9(12)5-10(8)14(16)17/h3-5,13H,2,6-7H2,1H3. The zero-order chi connectivity index (χ0) is 16.0. The Hall–Kier alpha value is -1.71. The highest BCUT2D eigenvalue weighted by Gasteiger charge is 2.20. The molecule has 0 aliphatic rings. The Balaban J connectivity index is 2.79. The first-order valence-electron chi connectivity index (χ1n) is 5.81. The van der Waals surface area contributed by atoms with E-state index >= 15 is 0 Å². The molecular weight excluding hydrogens is 324 g/mol. The number of halogens is 1. The predicted octanol–water partition coefficient (Wildman–Crippen LogP) is 1.23. The minimum absolute atomic E-state index is 0.0665. The monoisotopic (exact) mass is 336 g/mol. The van der Waals surface area contributed by atoms with E-state index in [9.17, 15) is 23.3 Å². The van der Waals surface area contributed by atoms with Crippen LogP contribution in [0.4, 0.5) is 5.69 Å². The van der Waals surface area contributed by atoms with Crippen molar-refractivity contribution >= 4 is 33.3 Å². The molecule has 8 nitrogen and oxygen atoms in total. The molecule has 0 fully saturated rings. The van der Waals surface area contributed by atoms with Gasteiger partial charge >= 0.3 is 5.97 Å². The van der Waals surface area contributed by atoms with Crippen LogP contribution in [0.15, 0.2) is 18.2 Å². The van der Waals surface area contributed by atoms with Gasteiger partial charge in [-0.3, -0.25) is 14.9 Å². The summed E-state index contributed by atoms with van der Waals surface area (Å²) in [5, 5.41) is 11.0. The number of hydrogen-bond acceptors (Lipinski definition) is 6. The Morgan fingerprint density at radius 2 is 2.14 bits per heavy atom. The number of nitro benzene ring substituents is 1. The van der Waals surface area contributed by atoms with Gasteiger partial charge in [0, 0.05) is 23.2 Å². The maximum Gasteiger partial charge on any atom is 0.322 e. The Morgan fingerprint density at radius 1 is 1.48 bits per heavy atom. The normalized spacial score (nSPS) is 11.1. The van der Waals surface area contributed by atoms with Gasteiger partial charge in [-0.15, -0.1) is 0 Å². The number of carbonyl (C=O) groups is 1. The number of esters is 1. The molecule has 10 heteroatoms. The molecule has 0 unspecified atom stereocenters. The molecule has 0 aliphatic carbocycles. The molecule has 0 amide bonds. The molecule has 0 spiro atoms. The maximum absolute atomic E-state index is 11.6. The highest BCUT2D eigenvalue weighted by atomic mass is 35.5. The molecule has 1 aromatic rings. The van der Waals surface area contributed by atoms with E-state index in [2.05, 4.69) is 9.46 Å². The maximum atomic E-state index is 11.6. The first kappa shape index (κ1) is 17.3. The van der Waals surface area contributed by atoms with Gasteiger partial charge in [-0.05, 0) is 19.1 Å². The van der Waals surface area contributed by atoms with Gasteiger partial charge < -0.3 is 4.74 Å². The van der Waals surface area contributed by atoms with Crippen LogP contribution in [-0.2, 0) is 26.1 Å². The lowest BCUT2D eigenvalue weighted by molar-refractivity contribution is -0.385. The summed E-state index contributed by atoms with van der Waals surface area (Å²) in [5.74, 6) is -1.74. The van der Waals surface area contributed by atoms with E-state index in [0.29, 0.717) is 0 Å². The zero-order valence-corrected chi connectivity index (χ0v) is 12.6. The average molecular weight is 337 g/mol. The van der Waals surface area contributed by atoms with Gasteiger partial charge in [-0.25, -0.2) is 13.1 Å². The minimum atomic E-state index is -3.93. The number of rotatable bonds is 7. The van der Waals surface area contributed by atoms with Crippen LogP contribution in [0, 0.1) is 10.1 Å². The summed E-state index contributed by atoms with van der Waals surface area (Å²) in [6.07, 6.45) is 0. The smallest absolute Gasteiger partial charge is 0.322 e. The molecule has 1 N–H and O–H groups in total. The van der Waals surface area contributed by atoms with Crippen LogP contribution in [0.3, 0.4) is 0 Å². The van der Waals surface area contributed by atoms with Gasteiger partial charge in [-0.2, -0.15) is 0 Å². The number of nitrogens with zero attached hydrogens (tertiary/aromatic N) is 1. The molecule has 1 rings (SSSR count). The van der Waals surface area contributed by atoms with E-state index in [0.717, 1.165) is 6.07 Å². The Kier molecular flexibility index (Phi) is 6.06. The third-order valence-corrected chi connectivity index (χ3v) is 3.77. The van der Waals surface area contributed by atoms with E-state index in [1.165, 1.54) is 12.1 Å². The molecular formula is C11H13ClN2O6S. The van der Waals surface area contributed by atoms with Crippen molar-refractivity contribution in [2.75, 3.05) is 12.4 Å². The van der Waals surface area contributed by atoms with Crippen molar-refractivity contribution in [2.24, 2.45) is 0 Å². The molecule has 0 saturated heterocycles. The van der Waals surface area contributed by atoms with Gasteiger partial charge in [0.1, 0.15) is 0 Å². The lowest BCUT2D eigenvalue weighted by Crippen LogP contribution is -2.30. The van der Waals surface area contributed by atoms with E-state index in [1.54, 1.807) is 6.92 Å². The molecule has 116 valence electrons. The van der Waals surface area contributed by atoms with E-state index < -0.39 is 26.7 Å². The molecule has 0 aliphatic heterocycles. The molecule has 0 bridgehead atoms. The third kappa shape index (κ3) is 5.66. The summed E-state index contributed by atoms with van der Waals surface area (Å²) in [4.78, 5) is 21.3. The number of benzene rings is 1. The molecule has 1 aromatic carbocycles. The minimum Gasteiger partial charge on any atom is -0.465 e. The summed E-state index contributed by atoms with van der Waals surface area (Å²) >= 11 is 5.65. The molecule has 0 heterocycles. The third-order valence-electron chi connectivity index (χ3n) is 2.34. The Bertz CT molecular complexity index is 646. The summed E-state index contributed by atoms with van der Waals surface area (Å²) in [7, 11) is -3.93. The fraction of sp³-hybridized carbons (Fsp3) is 0.364. The van der Waals surface area contributed by atoms with Crippen LogP contribution in [0.2, 0.25) is 5.02 Å². The lowest BCUT2D eigenvalue weighted by atomic mass is 10.2. The van der Waals surface area contributed by atoms with Crippen molar-refractivity contribution in [1.82, 2.24) is 4.72 Å². The number of ether oxygens (including phenoxy) is 1. The molecule has 0 atom stereocenters. The second kappa shape index (κ2) is 7.34. The van der Waals surface area contributed by atoms with Gasteiger partial charge in [-0.1, -0.05) is 11.6 Å². The molecule has 0 radical (unpaired) electrons. The number of nitrogens with one attached hydrogen (secondary N) is 1. The van der Waals surface area contributed by atoms with Crippen molar-refractivity contribution < 1.29 is 22.9 Å². The van der Waals surface area contributed by atoms with Gasteiger partial charge in [0.15, 0.2) is 5.75 Å².